The fraction of sp³-hybridized carbons (Fsp3) is 0.167. The highest BCUT2D eigenvalue weighted by atomic mass is 32.2. The zero-order valence-corrected chi connectivity index (χ0v) is 17.6. The molecule has 8 heteroatoms. The third-order valence-corrected chi connectivity index (χ3v) is 6.38. The van der Waals surface area contributed by atoms with Gasteiger partial charge < -0.3 is 10.2 Å². The molecule has 3 aromatic rings. The van der Waals surface area contributed by atoms with Crippen LogP contribution in [0.3, 0.4) is 0 Å². The summed E-state index contributed by atoms with van der Waals surface area (Å²) in [4.78, 5) is 28.1. The Hall–Kier alpha value is -3.26. The number of carbonyl (C=O) groups excluding carboxylic acids is 2. The number of carbonyl (C=O) groups is 2. The second-order valence-corrected chi connectivity index (χ2v) is 8.54. The molecule has 1 atom stereocenters. The third kappa shape index (κ3) is 4.96. The summed E-state index contributed by atoms with van der Waals surface area (Å²) in [5.74, 6) is -0.685. The van der Waals surface area contributed by atoms with Crippen molar-refractivity contribution in [2.75, 3.05) is 16.8 Å². The molecular weight excluding hydrogens is 437 g/mol. The van der Waals surface area contributed by atoms with E-state index in [-0.39, 0.29) is 29.8 Å². The Labute approximate surface area is 187 Å². The number of rotatable bonds is 4. The first-order chi connectivity index (χ1) is 15.3. The molecule has 0 aromatic heterocycles. The largest absolute Gasteiger partial charge is 0.416 e. The molecule has 0 saturated carbocycles. The zero-order valence-electron chi connectivity index (χ0n) is 16.8. The molecule has 0 aliphatic carbocycles. The molecule has 3 aromatic carbocycles. The standard InChI is InChI=1S/C24H19F3N2O2S/c25-24(26,27)17-10-12-18(13-11-17)28-22(30)15-29-19-8-4-5-9-20(19)32-21(14-23(29)31)16-6-2-1-3-7-16/h1-13,21H,14-15H2,(H,28,30)/t21-/m1/s1. The highest BCUT2D eigenvalue weighted by molar-refractivity contribution is 7.99. The first-order valence-electron chi connectivity index (χ1n) is 9.89. The van der Waals surface area contributed by atoms with Gasteiger partial charge in [-0.3, -0.25) is 9.59 Å². The Morgan fingerprint density at radius 2 is 1.62 bits per heavy atom. The van der Waals surface area contributed by atoms with Crippen molar-refractivity contribution in [2.24, 2.45) is 0 Å². The number of fused-ring (bicyclic) bond motifs is 1. The van der Waals surface area contributed by atoms with E-state index in [1.807, 2.05) is 42.5 Å². The Morgan fingerprint density at radius 1 is 0.969 bits per heavy atom. The molecule has 0 unspecified atom stereocenters. The maximum absolute atomic E-state index is 13.1. The minimum atomic E-state index is -4.45. The lowest BCUT2D eigenvalue weighted by atomic mass is 10.1. The van der Waals surface area contributed by atoms with Crippen LogP contribution in [0.5, 0.6) is 0 Å². The summed E-state index contributed by atoms with van der Waals surface area (Å²) in [6.45, 7) is -0.237. The van der Waals surface area contributed by atoms with Crippen LogP contribution in [-0.2, 0) is 15.8 Å². The molecule has 164 valence electrons. The maximum atomic E-state index is 13.1. The summed E-state index contributed by atoms with van der Waals surface area (Å²) in [7, 11) is 0. The van der Waals surface area contributed by atoms with Gasteiger partial charge in [0.15, 0.2) is 0 Å². The van der Waals surface area contributed by atoms with Crippen molar-refractivity contribution in [3.05, 3.63) is 90.0 Å². The molecule has 1 aliphatic heterocycles. The fourth-order valence-corrected chi connectivity index (χ4v) is 4.77. The molecule has 1 heterocycles. The summed E-state index contributed by atoms with van der Waals surface area (Å²) >= 11 is 1.57. The van der Waals surface area contributed by atoms with Crippen molar-refractivity contribution in [3.8, 4) is 0 Å². The van der Waals surface area contributed by atoms with Crippen LogP contribution in [0.15, 0.2) is 83.8 Å². The maximum Gasteiger partial charge on any atom is 0.416 e. The molecule has 32 heavy (non-hydrogen) atoms. The molecule has 4 rings (SSSR count). The van der Waals surface area contributed by atoms with Gasteiger partial charge in [0.25, 0.3) is 0 Å². The van der Waals surface area contributed by atoms with E-state index >= 15 is 0 Å². The Kier molecular flexibility index (Phi) is 6.23. The van der Waals surface area contributed by atoms with Crippen molar-refractivity contribution >= 4 is 35.0 Å². The van der Waals surface area contributed by atoms with E-state index in [0.29, 0.717) is 5.69 Å². The lowest BCUT2D eigenvalue weighted by Crippen LogP contribution is -2.38. The molecule has 1 aliphatic rings. The molecular formula is C24H19F3N2O2S. The van der Waals surface area contributed by atoms with Gasteiger partial charge in [-0.15, -0.1) is 11.8 Å². The average molecular weight is 456 g/mol. The van der Waals surface area contributed by atoms with Crippen molar-refractivity contribution in [2.45, 2.75) is 22.7 Å². The van der Waals surface area contributed by atoms with E-state index in [4.69, 9.17) is 0 Å². The summed E-state index contributed by atoms with van der Waals surface area (Å²) in [6, 6.07) is 21.3. The van der Waals surface area contributed by atoms with Crippen LogP contribution in [0.4, 0.5) is 24.5 Å². The second-order valence-electron chi connectivity index (χ2n) is 7.29. The van der Waals surface area contributed by atoms with E-state index < -0.39 is 17.6 Å². The number of hydrogen-bond acceptors (Lipinski definition) is 3. The number of halogens is 3. The second kappa shape index (κ2) is 9.08. The van der Waals surface area contributed by atoms with Crippen molar-refractivity contribution in [1.82, 2.24) is 0 Å². The van der Waals surface area contributed by atoms with E-state index in [0.717, 1.165) is 22.6 Å². The van der Waals surface area contributed by atoms with E-state index in [1.54, 1.807) is 23.9 Å². The van der Waals surface area contributed by atoms with Crippen molar-refractivity contribution in [3.63, 3.8) is 0 Å². The third-order valence-electron chi connectivity index (χ3n) is 5.06. The predicted octanol–water partition coefficient (Wildman–Crippen LogP) is 5.91. The lowest BCUT2D eigenvalue weighted by molar-refractivity contribution is -0.137. The molecule has 0 bridgehead atoms. The summed E-state index contributed by atoms with van der Waals surface area (Å²) in [5.41, 5.74) is 1.10. The monoisotopic (exact) mass is 456 g/mol. The first-order valence-corrected chi connectivity index (χ1v) is 10.8. The topological polar surface area (TPSA) is 49.4 Å². The van der Waals surface area contributed by atoms with Gasteiger partial charge in [0.2, 0.25) is 11.8 Å². The SMILES string of the molecule is O=C(CN1C(=O)C[C@H](c2ccccc2)Sc2ccccc21)Nc1ccc(C(F)(F)F)cc1. The first kappa shape index (κ1) is 22.0. The number of alkyl halides is 3. The van der Waals surface area contributed by atoms with Crippen LogP contribution < -0.4 is 10.2 Å². The van der Waals surface area contributed by atoms with Crippen LogP contribution in [0.2, 0.25) is 0 Å². The normalized spacial score (nSPS) is 16.3. The number of nitrogens with one attached hydrogen (secondary N) is 1. The number of hydrogen-bond donors (Lipinski definition) is 1. The number of thioether (sulfide) groups is 1. The van der Waals surface area contributed by atoms with Crippen LogP contribution in [0.1, 0.15) is 22.8 Å². The number of anilines is 2. The quantitative estimate of drug-likeness (QED) is 0.531. The molecule has 0 saturated heterocycles. The predicted molar refractivity (Wildman–Crippen MR) is 119 cm³/mol. The van der Waals surface area contributed by atoms with E-state index in [9.17, 15) is 22.8 Å². The van der Waals surface area contributed by atoms with Gasteiger partial charge >= 0.3 is 6.18 Å². The lowest BCUT2D eigenvalue weighted by Gasteiger charge is -2.22. The van der Waals surface area contributed by atoms with Crippen LogP contribution >= 0.6 is 11.8 Å². The zero-order chi connectivity index (χ0) is 22.7. The number of benzene rings is 3. The molecule has 0 spiro atoms. The Bertz CT molecular complexity index is 1120. The van der Waals surface area contributed by atoms with Crippen LogP contribution in [0, 0.1) is 0 Å². The highest BCUT2D eigenvalue weighted by Gasteiger charge is 2.31. The van der Waals surface area contributed by atoms with Gasteiger partial charge in [-0.2, -0.15) is 13.2 Å². The molecule has 1 N–H and O–H groups in total. The van der Waals surface area contributed by atoms with E-state index in [1.165, 1.54) is 17.0 Å². The van der Waals surface area contributed by atoms with Crippen LogP contribution in [-0.4, -0.2) is 18.4 Å². The minimum absolute atomic E-state index is 0.0900. The summed E-state index contributed by atoms with van der Waals surface area (Å²) < 4.78 is 38.2. The minimum Gasteiger partial charge on any atom is -0.325 e. The fourth-order valence-electron chi connectivity index (χ4n) is 3.49. The molecule has 2 amide bonds. The van der Waals surface area contributed by atoms with Crippen LogP contribution in [0.25, 0.3) is 0 Å². The summed E-state index contributed by atoms with van der Waals surface area (Å²) in [5, 5.41) is 2.49. The van der Waals surface area contributed by atoms with Crippen molar-refractivity contribution < 1.29 is 22.8 Å². The highest BCUT2D eigenvalue weighted by Crippen LogP contribution is 2.45. The van der Waals surface area contributed by atoms with Gasteiger partial charge in [-0.1, -0.05) is 42.5 Å². The number of amides is 2. The van der Waals surface area contributed by atoms with Gasteiger partial charge in [-0.25, -0.2) is 0 Å². The molecule has 4 nitrogen and oxygen atoms in total. The molecule has 0 radical (unpaired) electrons. The van der Waals surface area contributed by atoms with E-state index in [2.05, 4.69) is 5.32 Å². The Balaban J connectivity index is 1.53. The van der Waals surface area contributed by atoms with Gasteiger partial charge in [0, 0.05) is 22.3 Å². The molecule has 0 fully saturated rings. The van der Waals surface area contributed by atoms with Crippen molar-refractivity contribution in [1.29, 1.82) is 0 Å². The van der Waals surface area contributed by atoms with Gasteiger partial charge in [0.05, 0.1) is 11.3 Å². The number of nitrogens with zero attached hydrogens (tertiary/aromatic N) is 1. The van der Waals surface area contributed by atoms with Gasteiger partial charge in [0.1, 0.15) is 6.54 Å². The average Bonchev–Trinajstić information content (AvgIpc) is 2.91. The Morgan fingerprint density at radius 3 is 2.31 bits per heavy atom. The summed E-state index contributed by atoms with van der Waals surface area (Å²) in [6.07, 6.45) is -4.23. The van der Waals surface area contributed by atoms with Gasteiger partial charge in [-0.05, 0) is 42.0 Å². The smallest absolute Gasteiger partial charge is 0.325 e. The number of para-hydroxylation sites is 1.